The predicted octanol–water partition coefficient (Wildman–Crippen LogP) is 3.23. The third-order valence-corrected chi connectivity index (χ3v) is 4.68. The van der Waals surface area contributed by atoms with Crippen molar-refractivity contribution < 1.29 is 27.6 Å². The molecule has 3 aromatic rings. The number of halogens is 4. The molecule has 14 heteroatoms. The van der Waals surface area contributed by atoms with Gasteiger partial charge in [-0.15, -0.1) is 0 Å². The standard InChI is InChI=1S/C18H13ClF3N5O2.C3H8N2O/c1-9-4-2-6-11(14(9)15(23)28)25-17(29)12-8-13(18(20,21)22)26-27(12)16-10(19)5-3-7-24-16;1-5(2)3(4)6/h2-8H,1H3,(H2,23,28)(H,25,29);1-2H3,(H2,4,6). The Morgan fingerprint density at radius 3 is 2.26 bits per heavy atom. The van der Waals surface area contributed by atoms with Crippen molar-refractivity contribution in [3.8, 4) is 5.82 Å². The Labute approximate surface area is 202 Å². The lowest BCUT2D eigenvalue weighted by atomic mass is 10.1. The van der Waals surface area contributed by atoms with Crippen LogP contribution in [0.2, 0.25) is 5.02 Å². The molecule has 2 heterocycles. The molecule has 35 heavy (non-hydrogen) atoms. The maximum absolute atomic E-state index is 13.2. The summed E-state index contributed by atoms with van der Waals surface area (Å²) in [6, 6.07) is 7.61. The van der Waals surface area contributed by atoms with Gasteiger partial charge in [0.25, 0.3) is 11.8 Å². The van der Waals surface area contributed by atoms with Gasteiger partial charge >= 0.3 is 12.2 Å². The number of benzene rings is 1. The molecule has 0 bridgehead atoms. The van der Waals surface area contributed by atoms with E-state index in [1.54, 1.807) is 33.2 Å². The number of anilines is 1. The lowest BCUT2D eigenvalue weighted by Gasteiger charge is -2.12. The Balaban J connectivity index is 0.000000641. The summed E-state index contributed by atoms with van der Waals surface area (Å²) in [5, 5.41) is 5.84. The average molecular weight is 512 g/mol. The molecule has 5 N–H and O–H groups in total. The van der Waals surface area contributed by atoms with Gasteiger partial charge in [-0.3, -0.25) is 9.59 Å². The van der Waals surface area contributed by atoms with E-state index >= 15 is 0 Å². The number of primary amides is 2. The van der Waals surface area contributed by atoms with Crippen LogP contribution in [-0.4, -0.2) is 51.6 Å². The summed E-state index contributed by atoms with van der Waals surface area (Å²) in [5.41, 5.74) is 8.88. The lowest BCUT2D eigenvalue weighted by molar-refractivity contribution is -0.141. The molecular weight excluding hydrogens is 491 g/mol. The highest BCUT2D eigenvalue weighted by Gasteiger charge is 2.36. The van der Waals surface area contributed by atoms with E-state index in [0.29, 0.717) is 16.3 Å². The molecule has 0 unspecified atom stereocenters. The van der Waals surface area contributed by atoms with E-state index in [-0.39, 0.29) is 22.1 Å². The highest BCUT2D eigenvalue weighted by atomic mass is 35.5. The van der Waals surface area contributed by atoms with Crippen LogP contribution in [0.5, 0.6) is 0 Å². The Morgan fingerprint density at radius 2 is 1.74 bits per heavy atom. The summed E-state index contributed by atoms with van der Waals surface area (Å²) in [6.07, 6.45) is -3.51. The summed E-state index contributed by atoms with van der Waals surface area (Å²) in [6.45, 7) is 1.61. The minimum absolute atomic E-state index is 0.00763. The largest absolute Gasteiger partial charge is 0.435 e. The lowest BCUT2D eigenvalue weighted by Crippen LogP contribution is -2.27. The van der Waals surface area contributed by atoms with Gasteiger partial charge in [-0.25, -0.2) is 14.5 Å². The molecule has 0 saturated carbocycles. The molecule has 10 nitrogen and oxygen atoms in total. The van der Waals surface area contributed by atoms with Crippen molar-refractivity contribution >= 4 is 35.1 Å². The van der Waals surface area contributed by atoms with Crippen molar-refractivity contribution in [1.82, 2.24) is 19.7 Å². The zero-order valence-electron chi connectivity index (χ0n) is 18.7. The second-order valence-electron chi connectivity index (χ2n) is 7.18. The third-order valence-electron chi connectivity index (χ3n) is 4.38. The molecule has 0 aliphatic rings. The fourth-order valence-electron chi connectivity index (χ4n) is 2.66. The molecule has 2 aromatic heterocycles. The third kappa shape index (κ3) is 6.69. The number of nitrogens with one attached hydrogen (secondary N) is 1. The Hall–Kier alpha value is -4.13. The number of carbonyl (C=O) groups is 3. The normalized spacial score (nSPS) is 10.7. The van der Waals surface area contributed by atoms with Gasteiger partial charge in [0, 0.05) is 26.4 Å². The topological polar surface area (TPSA) is 149 Å². The summed E-state index contributed by atoms with van der Waals surface area (Å²) in [7, 11) is 3.20. The van der Waals surface area contributed by atoms with Crippen molar-refractivity contribution in [1.29, 1.82) is 0 Å². The van der Waals surface area contributed by atoms with E-state index in [1.807, 2.05) is 0 Å². The first-order chi connectivity index (χ1) is 16.2. The number of alkyl halides is 3. The van der Waals surface area contributed by atoms with Gasteiger partial charge in [0.2, 0.25) is 0 Å². The average Bonchev–Trinajstić information content (AvgIpc) is 3.20. The van der Waals surface area contributed by atoms with Crippen LogP contribution in [-0.2, 0) is 6.18 Å². The summed E-state index contributed by atoms with van der Waals surface area (Å²) in [4.78, 5) is 39.5. The molecular formula is C21H21ClF3N7O3. The van der Waals surface area contributed by atoms with Gasteiger partial charge in [0.1, 0.15) is 5.69 Å². The predicted molar refractivity (Wildman–Crippen MR) is 122 cm³/mol. The van der Waals surface area contributed by atoms with Crippen molar-refractivity contribution in [2.75, 3.05) is 19.4 Å². The number of amides is 4. The van der Waals surface area contributed by atoms with Crippen LogP contribution in [0.15, 0.2) is 42.6 Å². The highest BCUT2D eigenvalue weighted by molar-refractivity contribution is 6.32. The zero-order chi connectivity index (χ0) is 26.5. The van der Waals surface area contributed by atoms with Crippen LogP contribution in [0.4, 0.5) is 23.7 Å². The molecule has 0 radical (unpaired) electrons. The van der Waals surface area contributed by atoms with Gasteiger partial charge < -0.3 is 21.7 Å². The molecule has 0 saturated heterocycles. The number of aryl methyl sites for hydroxylation is 1. The van der Waals surface area contributed by atoms with E-state index in [9.17, 15) is 27.6 Å². The first-order valence-corrected chi connectivity index (χ1v) is 10.1. The summed E-state index contributed by atoms with van der Waals surface area (Å²) in [5.74, 6) is -1.91. The van der Waals surface area contributed by atoms with E-state index in [0.717, 1.165) is 0 Å². The molecule has 0 spiro atoms. The molecule has 1 aromatic carbocycles. The second kappa shape index (κ2) is 10.9. The number of nitrogens with zero attached hydrogens (tertiary/aromatic N) is 4. The molecule has 0 fully saturated rings. The first-order valence-electron chi connectivity index (χ1n) is 9.69. The number of nitrogens with two attached hydrogens (primary N) is 2. The molecule has 0 aliphatic carbocycles. The second-order valence-corrected chi connectivity index (χ2v) is 7.59. The van der Waals surface area contributed by atoms with Gasteiger partial charge in [-0.2, -0.15) is 18.3 Å². The smallest absolute Gasteiger partial charge is 0.366 e. The monoisotopic (exact) mass is 511 g/mol. The number of urea groups is 1. The van der Waals surface area contributed by atoms with Crippen LogP contribution in [0.25, 0.3) is 5.82 Å². The minimum Gasteiger partial charge on any atom is -0.366 e. The summed E-state index contributed by atoms with van der Waals surface area (Å²) < 4.78 is 40.3. The van der Waals surface area contributed by atoms with Gasteiger partial charge in [-0.05, 0) is 30.7 Å². The fourth-order valence-corrected chi connectivity index (χ4v) is 2.86. The maximum Gasteiger partial charge on any atom is 0.435 e. The molecule has 3 rings (SSSR count). The molecule has 186 valence electrons. The van der Waals surface area contributed by atoms with Gasteiger partial charge in [0.15, 0.2) is 11.5 Å². The number of hydrogen-bond acceptors (Lipinski definition) is 5. The molecule has 4 amide bonds. The number of aromatic nitrogens is 3. The number of rotatable bonds is 4. The van der Waals surface area contributed by atoms with E-state index in [1.165, 1.54) is 29.3 Å². The Bertz CT molecular complexity index is 1260. The van der Waals surface area contributed by atoms with E-state index < -0.39 is 35.4 Å². The number of hydrogen-bond donors (Lipinski definition) is 3. The van der Waals surface area contributed by atoms with Crippen molar-refractivity contribution in [2.45, 2.75) is 13.1 Å². The quantitative estimate of drug-likeness (QED) is 0.491. The van der Waals surface area contributed by atoms with Crippen LogP contribution in [0.3, 0.4) is 0 Å². The molecule has 0 atom stereocenters. The zero-order valence-corrected chi connectivity index (χ0v) is 19.5. The van der Waals surface area contributed by atoms with Crippen molar-refractivity contribution in [3.05, 3.63) is 70.1 Å². The van der Waals surface area contributed by atoms with E-state index in [2.05, 4.69) is 15.4 Å². The van der Waals surface area contributed by atoms with Crippen LogP contribution in [0.1, 0.15) is 32.1 Å². The van der Waals surface area contributed by atoms with Crippen LogP contribution < -0.4 is 16.8 Å². The Kier molecular flexibility index (Phi) is 8.42. The Morgan fingerprint density at radius 1 is 1.11 bits per heavy atom. The minimum atomic E-state index is -4.80. The van der Waals surface area contributed by atoms with Crippen LogP contribution in [0, 0.1) is 6.92 Å². The highest BCUT2D eigenvalue weighted by Crippen LogP contribution is 2.31. The fraction of sp³-hybridized carbons (Fsp3) is 0.190. The SMILES string of the molecule is CN(C)C(N)=O.Cc1cccc(NC(=O)c2cc(C(F)(F)F)nn2-c2ncccc2Cl)c1C(N)=O. The first kappa shape index (κ1) is 27.1. The van der Waals surface area contributed by atoms with Crippen molar-refractivity contribution in [3.63, 3.8) is 0 Å². The van der Waals surface area contributed by atoms with Crippen molar-refractivity contribution in [2.24, 2.45) is 11.5 Å². The van der Waals surface area contributed by atoms with Gasteiger partial charge in [-0.1, -0.05) is 23.7 Å². The maximum atomic E-state index is 13.2. The number of carbonyl (C=O) groups excluding carboxylic acids is 3. The van der Waals surface area contributed by atoms with Gasteiger partial charge in [0.05, 0.1) is 16.3 Å². The van der Waals surface area contributed by atoms with Crippen LogP contribution >= 0.6 is 11.6 Å². The number of pyridine rings is 1. The molecule has 0 aliphatic heterocycles. The summed E-state index contributed by atoms with van der Waals surface area (Å²) >= 11 is 6.01. The van der Waals surface area contributed by atoms with E-state index in [4.69, 9.17) is 23.1 Å².